The summed E-state index contributed by atoms with van der Waals surface area (Å²) in [6.45, 7) is 0.114. The third-order valence-electron chi connectivity index (χ3n) is 5.56. The molecule has 0 saturated carbocycles. The minimum absolute atomic E-state index is 0.135. The molecule has 0 aliphatic carbocycles. The maximum atomic E-state index is 13.2. The van der Waals surface area contributed by atoms with Gasteiger partial charge >= 0.3 is 6.03 Å². The number of hydrogen-bond donors (Lipinski definition) is 3. The van der Waals surface area contributed by atoms with Crippen LogP contribution in [0.4, 0.5) is 16.2 Å². The van der Waals surface area contributed by atoms with Crippen molar-refractivity contribution in [2.24, 2.45) is 0 Å². The van der Waals surface area contributed by atoms with E-state index in [-0.39, 0.29) is 24.9 Å². The van der Waals surface area contributed by atoms with Gasteiger partial charge in [-0.15, -0.1) is 0 Å². The number of para-hydroxylation sites is 3. The van der Waals surface area contributed by atoms with E-state index >= 15 is 0 Å². The van der Waals surface area contributed by atoms with E-state index in [2.05, 4.69) is 16.0 Å². The molecule has 4 rings (SSSR count). The fourth-order valence-corrected chi connectivity index (χ4v) is 3.86. The van der Waals surface area contributed by atoms with Gasteiger partial charge in [0, 0.05) is 18.5 Å². The van der Waals surface area contributed by atoms with Gasteiger partial charge in [0.2, 0.25) is 11.8 Å². The maximum Gasteiger partial charge on any atom is 0.323 e. The summed E-state index contributed by atoms with van der Waals surface area (Å²) in [6.07, 6.45) is 0.298. The Balaban J connectivity index is 1.52. The van der Waals surface area contributed by atoms with E-state index in [0.29, 0.717) is 23.5 Å². The molecule has 1 atom stereocenters. The third-order valence-corrected chi connectivity index (χ3v) is 5.56. The zero-order valence-corrected chi connectivity index (χ0v) is 18.8. The number of hydrogen-bond acceptors (Lipinski definition) is 4. The number of nitrogens with one attached hydrogen (secondary N) is 3. The number of urea groups is 1. The first-order valence-corrected chi connectivity index (χ1v) is 11.0. The summed E-state index contributed by atoms with van der Waals surface area (Å²) in [5, 5.41) is 8.48. The van der Waals surface area contributed by atoms with E-state index in [1.165, 1.54) is 4.90 Å². The normalized spacial score (nSPS) is 13.3. The number of fused-ring (bicyclic) bond motifs is 1. The van der Waals surface area contributed by atoms with Crippen molar-refractivity contribution in [2.75, 3.05) is 23.9 Å². The standard InChI is InChI=1S/C26H26N4O4/c1-34-23-14-8-5-11-19(23)16-27-25(32)21(15-18-9-3-2-4-10-18)29-26(33)30-17-24(31)28-20-12-6-7-13-22(20)30/h2-14,21H,15-17H2,1H3,(H,27,32)(H,28,31)(H,29,33)/t21-/m0/s1. The Labute approximate surface area is 197 Å². The Kier molecular flexibility index (Phi) is 7.07. The number of nitrogens with zero attached hydrogens (tertiary/aromatic N) is 1. The summed E-state index contributed by atoms with van der Waals surface area (Å²) in [5.74, 6) is 0.0364. The topological polar surface area (TPSA) is 99.8 Å². The average Bonchev–Trinajstić information content (AvgIpc) is 2.87. The Morgan fingerprint density at radius 1 is 1.00 bits per heavy atom. The Hall–Kier alpha value is -4.33. The minimum atomic E-state index is -0.846. The lowest BCUT2D eigenvalue weighted by Crippen LogP contribution is -2.54. The van der Waals surface area contributed by atoms with Crippen LogP contribution in [0, 0.1) is 0 Å². The number of rotatable bonds is 7. The van der Waals surface area contributed by atoms with Crippen molar-refractivity contribution < 1.29 is 19.1 Å². The van der Waals surface area contributed by atoms with Crippen LogP contribution in [-0.4, -0.2) is 37.5 Å². The average molecular weight is 459 g/mol. The second kappa shape index (κ2) is 10.5. The monoisotopic (exact) mass is 458 g/mol. The fraction of sp³-hybridized carbons (Fsp3) is 0.192. The van der Waals surface area contributed by atoms with Gasteiger partial charge in [-0.25, -0.2) is 4.79 Å². The van der Waals surface area contributed by atoms with Gasteiger partial charge < -0.3 is 20.7 Å². The second-order valence-electron chi connectivity index (χ2n) is 7.87. The van der Waals surface area contributed by atoms with Crippen LogP contribution < -0.4 is 25.6 Å². The van der Waals surface area contributed by atoms with E-state index in [9.17, 15) is 14.4 Å². The Bertz CT molecular complexity index is 1180. The van der Waals surface area contributed by atoms with Crippen molar-refractivity contribution in [3.63, 3.8) is 0 Å². The van der Waals surface area contributed by atoms with Gasteiger partial charge in [-0.05, 0) is 23.8 Å². The van der Waals surface area contributed by atoms with Crippen molar-refractivity contribution in [3.05, 3.63) is 90.0 Å². The van der Waals surface area contributed by atoms with Gasteiger partial charge in [0.1, 0.15) is 18.3 Å². The molecule has 0 saturated heterocycles. The van der Waals surface area contributed by atoms with Crippen LogP contribution in [0.3, 0.4) is 0 Å². The lowest BCUT2D eigenvalue weighted by molar-refractivity contribution is -0.123. The van der Waals surface area contributed by atoms with E-state index in [4.69, 9.17) is 4.74 Å². The zero-order chi connectivity index (χ0) is 23.9. The molecular weight excluding hydrogens is 432 g/mol. The van der Waals surface area contributed by atoms with Crippen LogP contribution in [0.2, 0.25) is 0 Å². The summed E-state index contributed by atoms with van der Waals surface area (Å²) in [4.78, 5) is 39.9. The number of ether oxygens (including phenoxy) is 1. The second-order valence-corrected chi connectivity index (χ2v) is 7.87. The molecule has 1 aliphatic rings. The largest absolute Gasteiger partial charge is 0.496 e. The molecule has 0 unspecified atom stereocenters. The van der Waals surface area contributed by atoms with Crippen molar-refractivity contribution in [1.29, 1.82) is 0 Å². The summed E-state index contributed by atoms with van der Waals surface area (Å²) < 4.78 is 5.36. The van der Waals surface area contributed by atoms with Crippen LogP contribution in [0.15, 0.2) is 78.9 Å². The highest BCUT2D eigenvalue weighted by Gasteiger charge is 2.30. The van der Waals surface area contributed by atoms with Crippen molar-refractivity contribution in [3.8, 4) is 5.75 Å². The number of benzene rings is 3. The summed E-state index contributed by atoms with van der Waals surface area (Å²) in [7, 11) is 1.58. The molecule has 0 spiro atoms. The number of methoxy groups -OCH3 is 1. The first-order valence-electron chi connectivity index (χ1n) is 11.0. The van der Waals surface area contributed by atoms with Gasteiger partial charge in [-0.1, -0.05) is 60.7 Å². The third kappa shape index (κ3) is 5.35. The molecule has 3 N–H and O–H groups in total. The van der Waals surface area contributed by atoms with Gasteiger partial charge in [0.05, 0.1) is 18.5 Å². The lowest BCUT2D eigenvalue weighted by Gasteiger charge is -2.30. The Morgan fingerprint density at radius 2 is 1.71 bits per heavy atom. The first-order chi connectivity index (χ1) is 16.5. The highest BCUT2D eigenvalue weighted by molar-refractivity contribution is 6.10. The van der Waals surface area contributed by atoms with Crippen LogP contribution in [0.1, 0.15) is 11.1 Å². The smallest absolute Gasteiger partial charge is 0.323 e. The SMILES string of the molecule is COc1ccccc1CNC(=O)[C@H](Cc1ccccc1)NC(=O)N1CC(=O)Nc2ccccc21. The van der Waals surface area contributed by atoms with Crippen molar-refractivity contribution in [1.82, 2.24) is 10.6 Å². The molecule has 3 aromatic carbocycles. The van der Waals surface area contributed by atoms with E-state index < -0.39 is 12.1 Å². The number of anilines is 2. The van der Waals surface area contributed by atoms with E-state index in [0.717, 1.165) is 11.1 Å². The molecular formula is C26H26N4O4. The summed E-state index contributed by atoms with van der Waals surface area (Å²) in [5.41, 5.74) is 2.85. The molecule has 1 heterocycles. The van der Waals surface area contributed by atoms with Crippen LogP contribution in [0.25, 0.3) is 0 Å². The van der Waals surface area contributed by atoms with E-state index in [1.807, 2.05) is 54.6 Å². The first kappa shape index (κ1) is 22.8. The molecule has 4 amide bonds. The number of amides is 4. The highest BCUT2D eigenvalue weighted by atomic mass is 16.5. The quantitative estimate of drug-likeness (QED) is 0.507. The molecule has 8 heteroatoms. The zero-order valence-electron chi connectivity index (χ0n) is 18.8. The predicted molar refractivity (Wildman–Crippen MR) is 130 cm³/mol. The molecule has 174 valence electrons. The van der Waals surface area contributed by atoms with Gasteiger partial charge in [0.25, 0.3) is 0 Å². The fourth-order valence-electron chi connectivity index (χ4n) is 3.86. The summed E-state index contributed by atoms with van der Waals surface area (Å²) >= 11 is 0. The van der Waals surface area contributed by atoms with Crippen LogP contribution >= 0.6 is 0 Å². The van der Waals surface area contributed by atoms with Crippen molar-refractivity contribution >= 4 is 29.2 Å². The number of carbonyl (C=O) groups is 3. The Morgan fingerprint density at radius 3 is 2.50 bits per heavy atom. The van der Waals surface area contributed by atoms with Gasteiger partial charge in [-0.3, -0.25) is 14.5 Å². The van der Waals surface area contributed by atoms with E-state index in [1.54, 1.807) is 31.4 Å². The molecule has 0 fully saturated rings. The minimum Gasteiger partial charge on any atom is -0.496 e. The molecule has 1 aliphatic heterocycles. The molecule has 0 aromatic heterocycles. The van der Waals surface area contributed by atoms with Crippen LogP contribution in [0.5, 0.6) is 5.75 Å². The van der Waals surface area contributed by atoms with Gasteiger partial charge in [-0.2, -0.15) is 0 Å². The number of carbonyl (C=O) groups excluding carboxylic acids is 3. The molecule has 3 aromatic rings. The molecule has 8 nitrogen and oxygen atoms in total. The maximum absolute atomic E-state index is 13.2. The van der Waals surface area contributed by atoms with Gasteiger partial charge in [0.15, 0.2) is 0 Å². The lowest BCUT2D eigenvalue weighted by atomic mass is 10.0. The molecule has 0 bridgehead atoms. The van der Waals surface area contributed by atoms with Crippen molar-refractivity contribution in [2.45, 2.75) is 19.0 Å². The summed E-state index contributed by atoms with van der Waals surface area (Å²) in [6, 6.07) is 22.6. The predicted octanol–water partition coefficient (Wildman–Crippen LogP) is 3.09. The molecule has 0 radical (unpaired) electrons. The highest BCUT2D eigenvalue weighted by Crippen LogP contribution is 2.28. The molecule has 34 heavy (non-hydrogen) atoms. The van der Waals surface area contributed by atoms with Crippen LogP contribution in [-0.2, 0) is 22.6 Å².